The van der Waals surface area contributed by atoms with Gasteiger partial charge in [0.2, 0.25) is 31.5 Å². The van der Waals surface area contributed by atoms with Gasteiger partial charge in [0.25, 0.3) is 0 Å². The van der Waals surface area contributed by atoms with Crippen LogP contribution in [0.2, 0.25) is 0 Å². The first-order valence-corrected chi connectivity index (χ1v) is 34.5. The molecule has 2 aromatic heterocycles. The largest absolute Gasteiger partial charge is 0.507 e. The number of hydrogen-bond acceptors (Lipinski definition) is 43. The van der Waals surface area contributed by atoms with Gasteiger partial charge < -0.3 is 196 Å². The molecule has 0 fully saturated rings. The maximum atomic E-state index is 10.8. The zero-order valence-corrected chi connectivity index (χ0v) is 59.7. The summed E-state index contributed by atoms with van der Waals surface area (Å²) >= 11 is 0. The van der Waals surface area contributed by atoms with E-state index < -0.39 is 259 Å². The first-order valence-electron chi connectivity index (χ1n) is 34.5. The van der Waals surface area contributed by atoms with E-state index in [9.17, 15) is 143 Å². The van der Waals surface area contributed by atoms with Crippen LogP contribution in [0.5, 0.6) is 0 Å². The molecule has 0 saturated carbocycles. The minimum atomic E-state index is -2.59. The average molecular weight is 1580 g/mol. The van der Waals surface area contributed by atoms with Crippen molar-refractivity contribution in [2.45, 2.75) is 214 Å². The Morgan fingerprint density at radius 3 is 1.17 bits per heavy atom. The van der Waals surface area contributed by atoms with E-state index in [1.807, 2.05) is 0 Å². The Hall–Kier alpha value is -6.54. The molecule has 0 bridgehead atoms. The van der Waals surface area contributed by atoms with E-state index in [0.29, 0.717) is 0 Å². The lowest BCUT2D eigenvalue weighted by Crippen LogP contribution is -2.56. The average Bonchev–Trinajstić information content (AvgIpc) is 1.55. The fourth-order valence-corrected chi connectivity index (χ4v) is 10.5. The van der Waals surface area contributed by atoms with E-state index in [1.54, 1.807) is 13.8 Å². The Morgan fingerprint density at radius 2 is 0.807 bits per heavy atom. The van der Waals surface area contributed by atoms with Gasteiger partial charge in [-0.15, -0.1) is 10.2 Å². The van der Waals surface area contributed by atoms with Crippen molar-refractivity contribution in [2.75, 3.05) is 79.3 Å². The highest BCUT2D eigenvalue weighted by Gasteiger charge is 2.41. The van der Waals surface area contributed by atoms with Gasteiger partial charge in [0.1, 0.15) is 84.3 Å². The van der Waals surface area contributed by atoms with Crippen molar-refractivity contribution >= 4 is 0 Å². The number of hydrogen-bond donors (Lipinski definition) is 30. The second kappa shape index (κ2) is 49.1. The van der Waals surface area contributed by atoms with Gasteiger partial charge in [-0.1, -0.05) is 36.4 Å². The van der Waals surface area contributed by atoms with Crippen LogP contribution in [0.1, 0.15) is 70.2 Å². The minimum absolute atomic E-state index is 0.00678. The molecule has 0 radical (unpaired) electrons. The first-order chi connectivity index (χ1) is 51.8. The topological polar surface area (TPSA) is 735 Å². The van der Waals surface area contributed by atoms with Crippen LogP contribution in [0.25, 0.3) is 0 Å². The lowest BCUT2D eigenvalue weighted by Gasteiger charge is -2.37. The van der Waals surface area contributed by atoms with E-state index in [1.165, 1.54) is 33.9 Å². The molecule has 0 aromatic carbocycles. The van der Waals surface area contributed by atoms with Gasteiger partial charge in [0, 0.05) is 64.2 Å². The van der Waals surface area contributed by atoms with Crippen molar-refractivity contribution in [3.05, 3.63) is 105 Å². The fourth-order valence-electron chi connectivity index (χ4n) is 10.5. The third kappa shape index (κ3) is 29.8. The van der Waals surface area contributed by atoms with Crippen LogP contribution in [0.3, 0.4) is 0 Å². The van der Waals surface area contributed by atoms with Crippen LogP contribution in [0.15, 0.2) is 93.6 Å². The molecule has 45 nitrogen and oxygen atoms in total. The number of nitrogens with one attached hydrogen (secondary N) is 2. The van der Waals surface area contributed by atoms with Crippen molar-refractivity contribution in [3.63, 3.8) is 0 Å². The van der Waals surface area contributed by atoms with Gasteiger partial charge >= 0.3 is 0 Å². The molecule has 0 amide bonds. The SMILES string of the molecule is CC[C@H](CC(O)[C@H](O)O[C@H](CCO)/C(O)=C(\O)[C@H](O)O[C@H](CCO)/C(O)=C(/O)[C@@H](O)OCc1cn(CCOCCOCCOCCn2cc(CO[C@@H](O)/C(O)=C(\O)[C@H](CCO)O[C@H](O)/C(O)=C(\O)[C@H](CCO)O[C@H](O)/C(O)=C/[C@H](CC)N[C@@H]3C=C(CO)[C@H](O)[C@@H](O)[C@@H]3O)nn2)nn1)N[C@H]1C=C(CO)[C@@H](O)[C@H](O)[C@@H]1O. The zero-order chi connectivity index (χ0) is 81.2. The molecule has 109 heavy (non-hydrogen) atoms. The molecule has 626 valence electrons. The quantitative estimate of drug-likeness (QED) is 0.0127. The van der Waals surface area contributed by atoms with Gasteiger partial charge in [-0.05, 0) is 36.5 Å². The van der Waals surface area contributed by atoms with E-state index in [4.69, 9.17) is 42.6 Å². The summed E-state index contributed by atoms with van der Waals surface area (Å²) in [6.07, 6.45) is -28.6. The number of nitrogens with zero attached hydrogens (tertiary/aromatic N) is 6. The molecule has 21 atom stereocenters. The van der Waals surface area contributed by atoms with Gasteiger partial charge in [-0.2, -0.15) is 0 Å². The molecule has 0 aliphatic heterocycles. The summed E-state index contributed by atoms with van der Waals surface area (Å²) in [5.74, 6) is -11.2. The van der Waals surface area contributed by atoms with Gasteiger partial charge in [0.15, 0.2) is 52.4 Å². The van der Waals surface area contributed by atoms with Crippen molar-refractivity contribution < 1.29 is 186 Å². The number of rotatable bonds is 55. The van der Waals surface area contributed by atoms with E-state index in [0.717, 1.165) is 6.08 Å². The van der Waals surface area contributed by atoms with Crippen LogP contribution in [0.4, 0.5) is 0 Å². The summed E-state index contributed by atoms with van der Waals surface area (Å²) < 4.78 is 50.6. The summed E-state index contributed by atoms with van der Waals surface area (Å²) in [6, 6.07) is -3.63. The highest BCUT2D eigenvalue weighted by Crippen LogP contribution is 2.28. The molecular weight excluding hydrogens is 1470 g/mol. The summed E-state index contributed by atoms with van der Waals surface area (Å²) in [6.45, 7) is -0.726. The van der Waals surface area contributed by atoms with Crippen molar-refractivity contribution in [3.8, 4) is 0 Å². The predicted octanol–water partition coefficient (Wildman–Crippen LogP) is -7.36. The lowest BCUT2D eigenvalue weighted by atomic mass is 9.87. The number of aliphatic hydroxyl groups is 28. The zero-order valence-electron chi connectivity index (χ0n) is 59.7. The fraction of sp³-hybridized carbons (Fsp3) is 0.719. The van der Waals surface area contributed by atoms with Crippen LogP contribution >= 0.6 is 0 Å². The Labute approximate surface area is 622 Å². The molecule has 45 heteroatoms. The maximum absolute atomic E-state index is 10.8. The van der Waals surface area contributed by atoms with Gasteiger partial charge in [0.05, 0.1) is 104 Å². The highest BCUT2D eigenvalue weighted by molar-refractivity contribution is 5.24. The van der Waals surface area contributed by atoms with Crippen LogP contribution in [-0.2, 0) is 68.9 Å². The first kappa shape index (κ1) is 94.8. The predicted molar refractivity (Wildman–Crippen MR) is 363 cm³/mol. The van der Waals surface area contributed by atoms with E-state index in [-0.39, 0.29) is 94.5 Å². The van der Waals surface area contributed by atoms with Gasteiger partial charge in [-0.3, -0.25) is 0 Å². The Balaban J connectivity index is 1.15. The Morgan fingerprint density at radius 1 is 0.450 bits per heavy atom. The molecule has 1 unspecified atom stereocenters. The molecule has 2 aromatic rings. The highest BCUT2D eigenvalue weighted by atomic mass is 16.7. The van der Waals surface area contributed by atoms with E-state index >= 15 is 0 Å². The molecule has 2 heterocycles. The second-order valence-corrected chi connectivity index (χ2v) is 24.7. The number of ether oxygens (including phenoxy) is 9. The maximum Gasteiger partial charge on any atom is 0.218 e. The van der Waals surface area contributed by atoms with Crippen LogP contribution < -0.4 is 10.6 Å². The Bertz CT molecular complexity index is 3180. The van der Waals surface area contributed by atoms with Crippen molar-refractivity contribution in [2.24, 2.45) is 0 Å². The molecule has 30 N–H and O–H groups in total. The van der Waals surface area contributed by atoms with E-state index in [2.05, 4.69) is 31.3 Å². The molecule has 4 rings (SSSR count). The number of aromatic nitrogens is 6. The van der Waals surface area contributed by atoms with Crippen LogP contribution in [0, 0.1) is 0 Å². The van der Waals surface area contributed by atoms with Crippen LogP contribution in [-0.4, -0.2) is 381 Å². The summed E-state index contributed by atoms with van der Waals surface area (Å²) in [5.41, 5.74) is 0.291. The van der Waals surface area contributed by atoms with Gasteiger partial charge in [-0.25, -0.2) is 9.36 Å². The summed E-state index contributed by atoms with van der Waals surface area (Å²) in [5, 5.41) is 312. The third-order valence-corrected chi connectivity index (χ3v) is 16.8. The monoisotopic (exact) mass is 1580 g/mol. The molecule has 2 aliphatic carbocycles. The second-order valence-electron chi connectivity index (χ2n) is 24.7. The normalized spacial score (nSPS) is 24.0. The molecular formula is C64H108N8O37. The Kier molecular flexibility index (Phi) is 42.7. The minimum Gasteiger partial charge on any atom is -0.507 e. The van der Waals surface area contributed by atoms with Crippen molar-refractivity contribution in [1.82, 2.24) is 40.6 Å². The standard InChI is InChI=1S/C64H108N8O37/c1-3-33(65-37-21-31(27-77)45(81)53(89)47(37)83)23-39(79)59(95)106-41(5-11-73)51(87)57(93)63(99)108-43(7-13-75)49(85)55(91)61(97)104-29-35-25-71(69-67-35)9-15-101-17-19-103-20-18-102-16-10-72-26-36(68-70-72)30-105-62(98)56(92)50(86)44(8-14-76)109-64(100)58(94)52(88)42(6-12-74)107-60(96)40(80)24-34(4-2)66-38-22-32(28-78)46(82)54(90)48(38)84/h21-23,25-26,33-34,37-38,40-48,53-54,59-66,73-100H,3-20,24,27-30H2,1-2H3/b39-23-,55-49+,56-50-,57-51+,58-52+/t33-,34+,37+,38-,40?,41-,42+,43-,44+,45-,46+,47+,48+,53+,54-,59-,60+,61+,62-,63-,64+/m0/s1. The lowest BCUT2D eigenvalue weighted by molar-refractivity contribution is -0.193. The summed E-state index contributed by atoms with van der Waals surface area (Å²) in [7, 11) is 0. The third-order valence-electron chi connectivity index (χ3n) is 16.8. The molecule has 0 spiro atoms. The summed E-state index contributed by atoms with van der Waals surface area (Å²) in [4.78, 5) is 0. The molecule has 0 saturated heterocycles. The van der Waals surface area contributed by atoms with Crippen molar-refractivity contribution in [1.29, 1.82) is 0 Å². The number of aliphatic hydroxyl groups excluding tert-OH is 28. The smallest absolute Gasteiger partial charge is 0.218 e. The molecule has 2 aliphatic rings.